The number of nitrogens with one attached hydrogen (secondary N) is 2. The van der Waals surface area contributed by atoms with Crippen molar-refractivity contribution in [3.05, 3.63) is 17.8 Å². The average molecular weight is 262 g/mol. The van der Waals surface area contributed by atoms with E-state index >= 15 is 0 Å². The van der Waals surface area contributed by atoms with Crippen LogP contribution in [0.4, 0.5) is 5.82 Å². The van der Waals surface area contributed by atoms with Crippen LogP contribution in [0.15, 0.2) is 12.1 Å². The largest absolute Gasteiger partial charge is 0.372 e. The van der Waals surface area contributed by atoms with Gasteiger partial charge in [0.15, 0.2) is 5.69 Å². The van der Waals surface area contributed by atoms with Gasteiger partial charge in [-0.2, -0.15) is 0 Å². The highest BCUT2D eigenvalue weighted by molar-refractivity contribution is 5.92. The predicted octanol–water partition coefficient (Wildman–Crippen LogP) is 2.22. The molecule has 2 N–H and O–H groups in total. The first-order valence-electron chi connectivity index (χ1n) is 7.05. The number of aromatic nitrogens is 2. The second kappa shape index (κ2) is 6.50. The molecule has 0 bridgehead atoms. The summed E-state index contributed by atoms with van der Waals surface area (Å²) in [5.41, 5.74) is 0.386. The van der Waals surface area contributed by atoms with Gasteiger partial charge in [0, 0.05) is 13.1 Å². The summed E-state index contributed by atoms with van der Waals surface area (Å²) in [7, 11) is 1.77. The monoisotopic (exact) mass is 262 g/mol. The Morgan fingerprint density at radius 3 is 2.53 bits per heavy atom. The number of hydrogen-bond acceptors (Lipinski definition) is 4. The molecule has 0 spiro atoms. The van der Waals surface area contributed by atoms with Gasteiger partial charge in [0.25, 0.3) is 5.91 Å². The fraction of sp³-hybridized carbons (Fsp3) is 0.643. The Morgan fingerprint density at radius 2 is 2.00 bits per heavy atom. The zero-order valence-corrected chi connectivity index (χ0v) is 11.6. The SMILES string of the molecule is CCC1CCC(NC(=O)c2ccc(NC)nn2)CC1. The summed E-state index contributed by atoms with van der Waals surface area (Å²) in [4.78, 5) is 12.0. The van der Waals surface area contributed by atoms with Crippen LogP contribution in [0.1, 0.15) is 49.5 Å². The smallest absolute Gasteiger partial charge is 0.272 e. The molecule has 1 heterocycles. The first kappa shape index (κ1) is 13.8. The van der Waals surface area contributed by atoms with Crippen molar-refractivity contribution < 1.29 is 4.79 Å². The van der Waals surface area contributed by atoms with Gasteiger partial charge in [0.1, 0.15) is 5.82 Å². The molecule has 1 saturated carbocycles. The molecule has 1 aliphatic carbocycles. The molecule has 0 unspecified atom stereocenters. The summed E-state index contributed by atoms with van der Waals surface area (Å²) >= 11 is 0. The zero-order valence-electron chi connectivity index (χ0n) is 11.6. The van der Waals surface area contributed by atoms with E-state index in [0.717, 1.165) is 18.8 Å². The summed E-state index contributed by atoms with van der Waals surface area (Å²) in [5, 5.41) is 13.8. The molecule has 104 valence electrons. The van der Waals surface area contributed by atoms with Crippen molar-refractivity contribution in [3.8, 4) is 0 Å². The Labute approximate surface area is 114 Å². The molecule has 5 heteroatoms. The van der Waals surface area contributed by atoms with Crippen LogP contribution in [0.2, 0.25) is 0 Å². The fourth-order valence-corrected chi connectivity index (χ4v) is 2.56. The molecule has 1 aliphatic rings. The zero-order chi connectivity index (χ0) is 13.7. The third-order valence-corrected chi connectivity index (χ3v) is 3.91. The third-order valence-electron chi connectivity index (χ3n) is 3.91. The Hall–Kier alpha value is -1.65. The molecule has 1 aromatic rings. The highest BCUT2D eigenvalue weighted by atomic mass is 16.2. The Kier molecular flexibility index (Phi) is 4.71. The number of rotatable bonds is 4. The Bertz CT molecular complexity index is 410. The highest BCUT2D eigenvalue weighted by Crippen LogP contribution is 2.26. The van der Waals surface area contributed by atoms with E-state index in [0.29, 0.717) is 17.6 Å². The number of carbonyl (C=O) groups is 1. The summed E-state index contributed by atoms with van der Waals surface area (Å²) in [6.45, 7) is 2.24. The first-order chi connectivity index (χ1) is 9.22. The normalized spacial score (nSPS) is 22.8. The van der Waals surface area contributed by atoms with Crippen molar-refractivity contribution in [2.24, 2.45) is 5.92 Å². The fourth-order valence-electron chi connectivity index (χ4n) is 2.56. The van der Waals surface area contributed by atoms with Gasteiger partial charge < -0.3 is 10.6 Å². The lowest BCUT2D eigenvalue weighted by Crippen LogP contribution is -2.38. The summed E-state index contributed by atoms with van der Waals surface area (Å²) in [6, 6.07) is 3.75. The van der Waals surface area contributed by atoms with Crippen LogP contribution in [-0.4, -0.2) is 29.2 Å². The van der Waals surface area contributed by atoms with Gasteiger partial charge in [-0.15, -0.1) is 10.2 Å². The Balaban J connectivity index is 1.87. The van der Waals surface area contributed by atoms with Crippen molar-refractivity contribution in [2.75, 3.05) is 12.4 Å². The van der Waals surface area contributed by atoms with E-state index < -0.39 is 0 Å². The number of amides is 1. The summed E-state index contributed by atoms with van der Waals surface area (Å²) in [5.74, 6) is 1.39. The average Bonchev–Trinajstić information content (AvgIpc) is 2.48. The minimum absolute atomic E-state index is 0.116. The first-order valence-corrected chi connectivity index (χ1v) is 7.05. The van der Waals surface area contributed by atoms with E-state index in [9.17, 15) is 4.79 Å². The molecule has 1 aromatic heterocycles. The van der Waals surface area contributed by atoms with Crippen LogP contribution >= 0.6 is 0 Å². The molecule has 5 nitrogen and oxygen atoms in total. The van der Waals surface area contributed by atoms with E-state index in [-0.39, 0.29) is 5.91 Å². The number of carbonyl (C=O) groups excluding carboxylic acids is 1. The van der Waals surface area contributed by atoms with Crippen molar-refractivity contribution >= 4 is 11.7 Å². The van der Waals surface area contributed by atoms with Crippen LogP contribution in [0.25, 0.3) is 0 Å². The highest BCUT2D eigenvalue weighted by Gasteiger charge is 2.22. The lowest BCUT2D eigenvalue weighted by Gasteiger charge is -2.28. The molecule has 1 fully saturated rings. The van der Waals surface area contributed by atoms with Crippen molar-refractivity contribution in [1.82, 2.24) is 15.5 Å². The molecule has 0 aromatic carbocycles. The summed E-state index contributed by atoms with van der Waals surface area (Å²) in [6.07, 6.45) is 5.83. The minimum atomic E-state index is -0.116. The van der Waals surface area contributed by atoms with Crippen LogP contribution in [0.5, 0.6) is 0 Å². The Morgan fingerprint density at radius 1 is 1.26 bits per heavy atom. The second-order valence-electron chi connectivity index (χ2n) is 5.15. The maximum absolute atomic E-state index is 12.0. The predicted molar refractivity (Wildman–Crippen MR) is 75.1 cm³/mol. The van der Waals surface area contributed by atoms with Crippen LogP contribution in [0.3, 0.4) is 0 Å². The topological polar surface area (TPSA) is 66.9 Å². The molecule has 1 amide bonds. The lowest BCUT2D eigenvalue weighted by atomic mass is 9.84. The van der Waals surface area contributed by atoms with Crippen molar-refractivity contribution in [1.29, 1.82) is 0 Å². The van der Waals surface area contributed by atoms with E-state index in [2.05, 4.69) is 27.8 Å². The molecule has 0 aliphatic heterocycles. The van der Waals surface area contributed by atoms with Crippen molar-refractivity contribution in [3.63, 3.8) is 0 Å². The summed E-state index contributed by atoms with van der Waals surface area (Å²) < 4.78 is 0. The molecular formula is C14H22N4O. The van der Waals surface area contributed by atoms with Crippen LogP contribution in [0, 0.1) is 5.92 Å². The molecule has 0 atom stereocenters. The van der Waals surface area contributed by atoms with Crippen molar-refractivity contribution in [2.45, 2.75) is 45.1 Å². The van der Waals surface area contributed by atoms with Crippen LogP contribution in [-0.2, 0) is 0 Å². The molecule has 0 radical (unpaired) electrons. The molecular weight excluding hydrogens is 240 g/mol. The van der Waals surface area contributed by atoms with Gasteiger partial charge >= 0.3 is 0 Å². The van der Waals surface area contributed by atoms with Gasteiger partial charge in [-0.1, -0.05) is 13.3 Å². The van der Waals surface area contributed by atoms with E-state index in [1.54, 1.807) is 19.2 Å². The van der Waals surface area contributed by atoms with Gasteiger partial charge in [0.2, 0.25) is 0 Å². The van der Waals surface area contributed by atoms with Gasteiger partial charge in [-0.05, 0) is 43.7 Å². The third kappa shape index (κ3) is 3.66. The van der Waals surface area contributed by atoms with E-state index in [1.807, 2.05) is 0 Å². The lowest BCUT2D eigenvalue weighted by molar-refractivity contribution is 0.0915. The quantitative estimate of drug-likeness (QED) is 0.873. The van der Waals surface area contributed by atoms with Gasteiger partial charge in [-0.25, -0.2) is 0 Å². The van der Waals surface area contributed by atoms with E-state index in [1.165, 1.54) is 19.3 Å². The molecule has 0 saturated heterocycles. The maximum atomic E-state index is 12.0. The van der Waals surface area contributed by atoms with Crippen LogP contribution < -0.4 is 10.6 Å². The molecule has 19 heavy (non-hydrogen) atoms. The minimum Gasteiger partial charge on any atom is -0.372 e. The molecule has 2 rings (SSSR count). The standard InChI is InChI=1S/C14H22N4O/c1-3-10-4-6-11(7-5-10)16-14(19)12-8-9-13(15-2)18-17-12/h8-11H,3-7H2,1-2H3,(H,15,18)(H,16,19). The second-order valence-corrected chi connectivity index (χ2v) is 5.15. The number of anilines is 1. The van der Waals surface area contributed by atoms with E-state index in [4.69, 9.17) is 0 Å². The van der Waals surface area contributed by atoms with Gasteiger partial charge in [0.05, 0.1) is 0 Å². The maximum Gasteiger partial charge on any atom is 0.272 e. The number of hydrogen-bond donors (Lipinski definition) is 2. The number of nitrogens with zero attached hydrogens (tertiary/aromatic N) is 2. The van der Waals surface area contributed by atoms with Gasteiger partial charge in [-0.3, -0.25) is 4.79 Å².